The third kappa shape index (κ3) is 3.40. The zero-order chi connectivity index (χ0) is 14.5. The Bertz CT molecular complexity index is 552. The lowest BCUT2D eigenvalue weighted by Crippen LogP contribution is -2.31. The van der Waals surface area contributed by atoms with Crippen molar-refractivity contribution in [2.75, 3.05) is 0 Å². The van der Waals surface area contributed by atoms with Gasteiger partial charge in [0.2, 0.25) is 0 Å². The Morgan fingerprint density at radius 3 is 2.45 bits per heavy atom. The quantitative estimate of drug-likeness (QED) is 0.650. The molecule has 0 bridgehead atoms. The number of nitrogens with zero attached hydrogens (tertiary/aromatic N) is 1. The Morgan fingerprint density at radius 1 is 1.20 bits per heavy atom. The molecule has 3 N–H and O–H groups in total. The number of rotatable bonds is 5. The Labute approximate surface area is 119 Å². The van der Waals surface area contributed by atoms with E-state index < -0.39 is 0 Å². The van der Waals surface area contributed by atoms with Crippen LogP contribution in [0.3, 0.4) is 0 Å². The van der Waals surface area contributed by atoms with Gasteiger partial charge in [-0.2, -0.15) is 0 Å². The van der Waals surface area contributed by atoms with Gasteiger partial charge in [0.15, 0.2) is 0 Å². The fourth-order valence-corrected chi connectivity index (χ4v) is 2.16. The fourth-order valence-electron chi connectivity index (χ4n) is 2.16. The standard InChI is InChI=1S/C16H20FN3/c1-11(2)13-7-5-12(6-8-13)10-15(20-18)16-14(17)4-3-9-19-16/h3-9,11,15,20H,10,18H2,1-2H3. The van der Waals surface area contributed by atoms with Gasteiger partial charge in [0, 0.05) is 6.20 Å². The number of hydrazine groups is 1. The molecule has 2 aromatic rings. The van der Waals surface area contributed by atoms with E-state index in [0.717, 1.165) is 5.56 Å². The van der Waals surface area contributed by atoms with Crippen molar-refractivity contribution in [3.63, 3.8) is 0 Å². The van der Waals surface area contributed by atoms with Gasteiger partial charge in [0.25, 0.3) is 0 Å². The Hall–Kier alpha value is -1.78. The lowest BCUT2D eigenvalue weighted by Gasteiger charge is -2.16. The first-order valence-electron chi connectivity index (χ1n) is 6.77. The second kappa shape index (κ2) is 6.59. The molecule has 0 radical (unpaired) electrons. The maximum atomic E-state index is 13.7. The molecule has 0 aliphatic rings. The minimum Gasteiger partial charge on any atom is -0.271 e. The number of aromatic nitrogens is 1. The SMILES string of the molecule is CC(C)c1ccc(CC(NN)c2ncccc2F)cc1. The molecule has 0 spiro atoms. The molecule has 1 aromatic heterocycles. The smallest absolute Gasteiger partial charge is 0.146 e. The van der Waals surface area contributed by atoms with Crippen LogP contribution in [0.4, 0.5) is 4.39 Å². The molecule has 3 nitrogen and oxygen atoms in total. The van der Waals surface area contributed by atoms with E-state index in [1.165, 1.54) is 11.6 Å². The summed E-state index contributed by atoms with van der Waals surface area (Å²) in [4.78, 5) is 4.07. The summed E-state index contributed by atoms with van der Waals surface area (Å²) in [5, 5.41) is 0. The van der Waals surface area contributed by atoms with Crippen LogP contribution in [0.25, 0.3) is 0 Å². The lowest BCUT2D eigenvalue weighted by molar-refractivity contribution is 0.494. The molecule has 1 unspecified atom stereocenters. The van der Waals surface area contributed by atoms with E-state index in [4.69, 9.17) is 5.84 Å². The van der Waals surface area contributed by atoms with E-state index in [1.807, 2.05) is 0 Å². The van der Waals surface area contributed by atoms with Crippen LogP contribution in [-0.4, -0.2) is 4.98 Å². The van der Waals surface area contributed by atoms with Crippen molar-refractivity contribution in [3.8, 4) is 0 Å². The molecule has 106 valence electrons. The Morgan fingerprint density at radius 2 is 1.90 bits per heavy atom. The van der Waals surface area contributed by atoms with Crippen LogP contribution >= 0.6 is 0 Å². The molecule has 0 saturated carbocycles. The number of hydrogen-bond acceptors (Lipinski definition) is 3. The van der Waals surface area contributed by atoms with E-state index >= 15 is 0 Å². The average Bonchev–Trinajstić information content (AvgIpc) is 2.46. The van der Waals surface area contributed by atoms with Crippen LogP contribution in [0.1, 0.15) is 42.6 Å². The van der Waals surface area contributed by atoms with Crippen molar-refractivity contribution in [1.82, 2.24) is 10.4 Å². The fraction of sp³-hybridized carbons (Fsp3) is 0.312. The van der Waals surface area contributed by atoms with Gasteiger partial charge >= 0.3 is 0 Å². The molecule has 4 heteroatoms. The first-order valence-corrected chi connectivity index (χ1v) is 6.77. The minimum absolute atomic E-state index is 0.332. The number of benzene rings is 1. The average molecular weight is 273 g/mol. The topological polar surface area (TPSA) is 50.9 Å². The summed E-state index contributed by atoms with van der Waals surface area (Å²) in [6.45, 7) is 4.31. The van der Waals surface area contributed by atoms with Gasteiger partial charge in [-0.05, 0) is 35.6 Å². The normalized spacial score (nSPS) is 12.7. The molecule has 1 atom stereocenters. The summed E-state index contributed by atoms with van der Waals surface area (Å²) in [7, 11) is 0. The predicted molar refractivity (Wildman–Crippen MR) is 78.5 cm³/mol. The highest BCUT2D eigenvalue weighted by atomic mass is 19.1. The maximum Gasteiger partial charge on any atom is 0.146 e. The number of nitrogens with two attached hydrogens (primary N) is 1. The molecular weight excluding hydrogens is 253 g/mol. The zero-order valence-corrected chi connectivity index (χ0v) is 11.8. The highest BCUT2D eigenvalue weighted by Crippen LogP contribution is 2.20. The second-order valence-electron chi connectivity index (χ2n) is 5.19. The second-order valence-corrected chi connectivity index (χ2v) is 5.19. The van der Waals surface area contributed by atoms with E-state index in [1.54, 1.807) is 12.3 Å². The molecule has 2 rings (SSSR count). The molecule has 20 heavy (non-hydrogen) atoms. The number of hydrogen-bond donors (Lipinski definition) is 2. The van der Waals surface area contributed by atoms with Gasteiger partial charge in [-0.15, -0.1) is 0 Å². The third-order valence-corrected chi connectivity index (χ3v) is 3.40. The van der Waals surface area contributed by atoms with Crippen LogP contribution in [-0.2, 0) is 6.42 Å². The number of nitrogens with one attached hydrogen (secondary N) is 1. The molecule has 1 heterocycles. The number of halogens is 1. The van der Waals surface area contributed by atoms with E-state index in [9.17, 15) is 4.39 Å². The highest BCUT2D eigenvalue weighted by molar-refractivity contribution is 5.26. The van der Waals surface area contributed by atoms with Gasteiger partial charge in [-0.25, -0.2) is 4.39 Å². The molecule has 0 fully saturated rings. The summed E-state index contributed by atoms with van der Waals surface area (Å²) >= 11 is 0. The lowest BCUT2D eigenvalue weighted by atomic mass is 9.98. The van der Waals surface area contributed by atoms with Crippen LogP contribution in [0.2, 0.25) is 0 Å². The van der Waals surface area contributed by atoms with Gasteiger partial charge in [0.05, 0.1) is 11.7 Å². The van der Waals surface area contributed by atoms with Crippen molar-refractivity contribution < 1.29 is 4.39 Å². The van der Waals surface area contributed by atoms with Crippen molar-refractivity contribution in [3.05, 3.63) is 65.2 Å². The van der Waals surface area contributed by atoms with Crippen molar-refractivity contribution in [2.45, 2.75) is 32.2 Å². The maximum absolute atomic E-state index is 13.7. The molecule has 0 saturated heterocycles. The first kappa shape index (κ1) is 14.6. The summed E-state index contributed by atoms with van der Waals surface area (Å²) < 4.78 is 13.7. The van der Waals surface area contributed by atoms with Crippen molar-refractivity contribution in [1.29, 1.82) is 0 Å². The predicted octanol–water partition coefficient (Wildman–Crippen LogP) is 3.09. The van der Waals surface area contributed by atoms with E-state index in [-0.39, 0.29) is 11.9 Å². The van der Waals surface area contributed by atoms with E-state index in [2.05, 4.69) is 48.5 Å². The Kier molecular flexibility index (Phi) is 4.82. The van der Waals surface area contributed by atoms with Gasteiger partial charge in [0.1, 0.15) is 5.82 Å². The van der Waals surface area contributed by atoms with Crippen LogP contribution in [0, 0.1) is 5.82 Å². The Balaban J connectivity index is 2.16. The molecule has 0 amide bonds. The van der Waals surface area contributed by atoms with Crippen LogP contribution in [0.15, 0.2) is 42.6 Å². The molecular formula is C16H20FN3. The summed E-state index contributed by atoms with van der Waals surface area (Å²) in [5.41, 5.74) is 5.38. The van der Waals surface area contributed by atoms with Crippen molar-refractivity contribution in [2.24, 2.45) is 5.84 Å². The first-order chi connectivity index (χ1) is 9.61. The van der Waals surface area contributed by atoms with Gasteiger partial charge in [-0.1, -0.05) is 38.1 Å². The van der Waals surface area contributed by atoms with E-state index in [0.29, 0.717) is 18.0 Å². The summed E-state index contributed by atoms with van der Waals surface area (Å²) in [6.07, 6.45) is 2.17. The third-order valence-electron chi connectivity index (χ3n) is 3.40. The minimum atomic E-state index is -0.339. The van der Waals surface area contributed by atoms with Crippen LogP contribution in [0.5, 0.6) is 0 Å². The monoisotopic (exact) mass is 273 g/mol. The highest BCUT2D eigenvalue weighted by Gasteiger charge is 2.16. The van der Waals surface area contributed by atoms with Crippen molar-refractivity contribution >= 4 is 0 Å². The largest absolute Gasteiger partial charge is 0.271 e. The molecule has 0 aliphatic heterocycles. The summed E-state index contributed by atoms with van der Waals surface area (Å²) in [5.74, 6) is 5.70. The molecule has 0 aliphatic carbocycles. The molecule has 1 aromatic carbocycles. The zero-order valence-electron chi connectivity index (χ0n) is 11.8. The summed E-state index contributed by atoms with van der Waals surface area (Å²) in [6, 6.07) is 10.9. The van der Waals surface area contributed by atoms with Gasteiger partial charge < -0.3 is 0 Å². The van der Waals surface area contributed by atoms with Gasteiger partial charge in [-0.3, -0.25) is 16.3 Å². The number of pyridine rings is 1. The van der Waals surface area contributed by atoms with Crippen LogP contribution < -0.4 is 11.3 Å².